The fraction of sp³-hybridized carbons (Fsp3) is 0. The third-order valence-corrected chi connectivity index (χ3v) is 11.1. The first-order valence-corrected chi connectivity index (χ1v) is 16.4. The molecule has 44 heavy (non-hydrogen) atoms. The molecule has 0 radical (unpaired) electrons. The molecule has 4 heteroatoms. The molecule has 0 aliphatic rings. The molecular weight excluding hydrogens is 575 g/mol. The van der Waals surface area contributed by atoms with Gasteiger partial charge >= 0.3 is 0 Å². The van der Waals surface area contributed by atoms with Crippen LogP contribution in [0.3, 0.4) is 0 Å². The molecule has 0 aliphatic heterocycles. The maximum absolute atomic E-state index is 6.48. The molecule has 0 atom stereocenters. The van der Waals surface area contributed by atoms with Gasteiger partial charge in [-0.05, 0) is 54.6 Å². The van der Waals surface area contributed by atoms with E-state index >= 15 is 0 Å². The quantitative estimate of drug-likeness (QED) is 0.201. The summed E-state index contributed by atoms with van der Waals surface area (Å²) < 4.78 is 11.7. The van der Waals surface area contributed by atoms with Crippen molar-refractivity contribution in [3.63, 3.8) is 0 Å². The number of rotatable bonds is 3. The lowest BCUT2D eigenvalue weighted by Crippen LogP contribution is -2.10. The summed E-state index contributed by atoms with van der Waals surface area (Å²) in [5.41, 5.74) is 5.27. The number of furan rings is 1. The van der Waals surface area contributed by atoms with Crippen molar-refractivity contribution < 1.29 is 4.42 Å². The molecule has 0 N–H and O–H groups in total. The molecule has 0 spiro atoms. The van der Waals surface area contributed by atoms with Crippen LogP contribution in [0.15, 0.2) is 144 Å². The van der Waals surface area contributed by atoms with Crippen molar-refractivity contribution in [2.75, 3.05) is 4.90 Å². The fourth-order valence-electron chi connectivity index (χ4n) is 6.85. The molecule has 206 valence electrons. The van der Waals surface area contributed by atoms with E-state index in [1.165, 1.54) is 40.3 Å². The molecule has 0 fully saturated rings. The van der Waals surface area contributed by atoms with Gasteiger partial charge in [-0.1, -0.05) is 84.9 Å². The molecule has 2 nitrogen and oxygen atoms in total. The van der Waals surface area contributed by atoms with Gasteiger partial charge in [0.25, 0.3) is 0 Å². The smallest absolute Gasteiger partial charge is 0.143 e. The van der Waals surface area contributed by atoms with Gasteiger partial charge in [0.2, 0.25) is 0 Å². The highest BCUT2D eigenvalue weighted by atomic mass is 32.1. The van der Waals surface area contributed by atoms with E-state index in [9.17, 15) is 0 Å². The van der Waals surface area contributed by atoms with Gasteiger partial charge in [-0.2, -0.15) is 0 Å². The van der Waals surface area contributed by atoms with Gasteiger partial charge in [0.15, 0.2) is 0 Å². The van der Waals surface area contributed by atoms with Gasteiger partial charge in [0.05, 0.1) is 5.69 Å². The zero-order valence-electron chi connectivity index (χ0n) is 23.5. The Kier molecular flexibility index (Phi) is 5.06. The molecule has 0 unspecified atom stereocenters. The van der Waals surface area contributed by atoms with Crippen LogP contribution in [0.2, 0.25) is 0 Å². The van der Waals surface area contributed by atoms with Gasteiger partial charge in [0, 0.05) is 73.3 Å². The Hall–Kier alpha value is -5.16. The Balaban J connectivity index is 1.26. The summed E-state index contributed by atoms with van der Waals surface area (Å²) in [5, 5.41) is 9.81. The first kappa shape index (κ1) is 24.3. The van der Waals surface area contributed by atoms with Gasteiger partial charge in [-0.25, -0.2) is 0 Å². The van der Waals surface area contributed by atoms with Gasteiger partial charge in [-0.3, -0.25) is 0 Å². The maximum atomic E-state index is 6.48. The van der Waals surface area contributed by atoms with Crippen molar-refractivity contribution in [2.24, 2.45) is 0 Å². The van der Waals surface area contributed by atoms with Crippen molar-refractivity contribution in [2.45, 2.75) is 0 Å². The number of nitrogens with zero attached hydrogens (tertiary/aromatic N) is 1. The predicted molar refractivity (Wildman–Crippen MR) is 192 cm³/mol. The average molecular weight is 598 g/mol. The van der Waals surface area contributed by atoms with Crippen molar-refractivity contribution in [1.82, 2.24) is 0 Å². The summed E-state index contributed by atoms with van der Waals surface area (Å²) in [7, 11) is 0. The van der Waals surface area contributed by atoms with Crippen LogP contribution < -0.4 is 4.90 Å². The third kappa shape index (κ3) is 3.47. The number of hydrogen-bond acceptors (Lipinski definition) is 4. The van der Waals surface area contributed by atoms with Crippen LogP contribution >= 0.6 is 22.7 Å². The summed E-state index contributed by atoms with van der Waals surface area (Å²) in [5.74, 6) is 0. The first-order chi connectivity index (χ1) is 21.8. The highest BCUT2D eigenvalue weighted by Gasteiger charge is 2.20. The molecule has 0 saturated carbocycles. The predicted octanol–water partition coefficient (Wildman–Crippen LogP) is 12.9. The Morgan fingerprint density at radius 1 is 0.386 bits per heavy atom. The summed E-state index contributed by atoms with van der Waals surface area (Å²) in [6, 6.07) is 50.6. The molecule has 3 heterocycles. The molecule has 0 saturated heterocycles. The highest BCUT2D eigenvalue weighted by molar-refractivity contribution is 7.26. The highest BCUT2D eigenvalue weighted by Crippen LogP contribution is 2.46. The van der Waals surface area contributed by atoms with E-state index in [0.29, 0.717) is 0 Å². The van der Waals surface area contributed by atoms with Crippen molar-refractivity contribution >= 4 is 113 Å². The molecule has 3 aromatic heterocycles. The van der Waals surface area contributed by atoms with Crippen LogP contribution in [0.5, 0.6) is 0 Å². The van der Waals surface area contributed by atoms with E-state index in [1.807, 2.05) is 28.7 Å². The fourth-order valence-corrected chi connectivity index (χ4v) is 9.13. The van der Waals surface area contributed by atoms with E-state index in [-0.39, 0.29) is 0 Å². The summed E-state index contributed by atoms with van der Waals surface area (Å²) in [6.07, 6.45) is 0. The summed E-state index contributed by atoms with van der Waals surface area (Å²) in [4.78, 5) is 2.42. The lowest BCUT2D eigenvalue weighted by Gasteiger charge is -2.27. The lowest BCUT2D eigenvalue weighted by molar-refractivity contribution is 0.672. The van der Waals surface area contributed by atoms with Crippen molar-refractivity contribution in [3.8, 4) is 0 Å². The van der Waals surface area contributed by atoms with E-state index in [4.69, 9.17) is 4.42 Å². The monoisotopic (exact) mass is 597 g/mol. The van der Waals surface area contributed by atoms with Crippen LogP contribution in [0.4, 0.5) is 17.1 Å². The largest absolute Gasteiger partial charge is 0.455 e. The average Bonchev–Trinajstić information content (AvgIpc) is 3.75. The molecule has 7 aromatic carbocycles. The zero-order valence-corrected chi connectivity index (χ0v) is 25.1. The van der Waals surface area contributed by atoms with Gasteiger partial charge in [0.1, 0.15) is 11.2 Å². The second-order valence-electron chi connectivity index (χ2n) is 11.3. The Morgan fingerprint density at radius 2 is 0.886 bits per heavy atom. The van der Waals surface area contributed by atoms with E-state index in [0.717, 1.165) is 49.8 Å². The number of anilines is 3. The zero-order chi connectivity index (χ0) is 28.8. The maximum Gasteiger partial charge on any atom is 0.143 e. The van der Waals surface area contributed by atoms with E-state index < -0.39 is 0 Å². The number of hydrogen-bond donors (Lipinski definition) is 0. The minimum atomic E-state index is 0.919. The summed E-state index contributed by atoms with van der Waals surface area (Å²) >= 11 is 3.71. The summed E-state index contributed by atoms with van der Waals surface area (Å²) in [6.45, 7) is 0. The van der Waals surface area contributed by atoms with Gasteiger partial charge in [-0.15, -0.1) is 22.7 Å². The van der Waals surface area contributed by atoms with E-state index in [1.54, 1.807) is 0 Å². The van der Waals surface area contributed by atoms with Crippen LogP contribution in [-0.2, 0) is 0 Å². The minimum Gasteiger partial charge on any atom is -0.455 e. The number of thiophene rings is 2. The molecule has 0 aliphatic carbocycles. The number of fused-ring (bicyclic) bond motifs is 11. The Labute approximate surface area is 260 Å². The third-order valence-electron chi connectivity index (χ3n) is 8.86. The van der Waals surface area contributed by atoms with Crippen molar-refractivity contribution in [1.29, 1.82) is 0 Å². The van der Waals surface area contributed by atoms with Crippen LogP contribution in [0.25, 0.3) is 73.1 Å². The van der Waals surface area contributed by atoms with E-state index in [2.05, 4.69) is 138 Å². The molecule has 0 bridgehead atoms. The first-order valence-electron chi connectivity index (χ1n) is 14.8. The number of benzene rings is 7. The second-order valence-corrected chi connectivity index (χ2v) is 13.5. The van der Waals surface area contributed by atoms with Gasteiger partial charge < -0.3 is 9.32 Å². The molecular formula is C40H23NOS2. The SMILES string of the molecule is c1ccc2c(c1)oc1c3cccc(N(c4ccc5c(c4)sc4ccccc45)c4ccc5c(c4)sc4ccccc45)c3ccc21. The number of para-hydroxylation sites is 1. The normalized spacial score (nSPS) is 12.1. The van der Waals surface area contributed by atoms with Crippen LogP contribution in [0.1, 0.15) is 0 Å². The molecule has 10 rings (SSSR count). The minimum absolute atomic E-state index is 0.919. The standard InChI is InChI=1S/C40H23NOS2/c1-4-13-35-27(8-1)33-21-20-26-32(40(33)42-35)11-7-12-34(26)41(24-16-18-30-28-9-2-5-14-36(28)43-38(30)22-24)25-17-19-31-29-10-3-6-15-37(29)44-39(31)23-25/h1-23H. The second kappa shape index (κ2) is 9.17. The Morgan fingerprint density at radius 3 is 1.57 bits per heavy atom. The molecule has 0 amide bonds. The van der Waals surface area contributed by atoms with Crippen LogP contribution in [-0.4, -0.2) is 0 Å². The van der Waals surface area contributed by atoms with Crippen LogP contribution in [0, 0.1) is 0 Å². The van der Waals surface area contributed by atoms with Crippen molar-refractivity contribution in [3.05, 3.63) is 140 Å². The topological polar surface area (TPSA) is 16.4 Å². The molecule has 10 aromatic rings. The Bertz CT molecular complexity index is 2630. The lowest BCUT2D eigenvalue weighted by atomic mass is 10.0.